The van der Waals surface area contributed by atoms with Gasteiger partial charge < -0.3 is 5.11 Å². The highest BCUT2D eigenvalue weighted by Crippen LogP contribution is 1.93. The molecular weight excluding hydrogens is 132 g/mol. The third-order valence-corrected chi connectivity index (χ3v) is 1.24. The van der Waals surface area contributed by atoms with E-state index in [9.17, 15) is 0 Å². The summed E-state index contributed by atoms with van der Waals surface area (Å²) in [5, 5.41) is 9.12. The standard InChI is InChI=1S/C5H16N4O/c6-8-3-1-5(10)2-4-9-7/h5,8-10H,1-4,6-7H2. The van der Waals surface area contributed by atoms with Crippen molar-refractivity contribution >= 4 is 0 Å². The first-order valence-electron chi connectivity index (χ1n) is 3.36. The Kier molecular flexibility index (Phi) is 6.78. The quantitative estimate of drug-likeness (QED) is 0.223. The predicted molar refractivity (Wildman–Crippen MR) is 39.6 cm³/mol. The number of hydrazine groups is 2. The number of hydrogen-bond acceptors (Lipinski definition) is 5. The number of nitrogens with two attached hydrogens (primary N) is 2. The third kappa shape index (κ3) is 5.93. The Hall–Kier alpha value is -0.200. The maximum Gasteiger partial charge on any atom is 0.0565 e. The topological polar surface area (TPSA) is 96.3 Å². The molecular formula is C5H16N4O. The van der Waals surface area contributed by atoms with Crippen molar-refractivity contribution in [1.29, 1.82) is 0 Å². The van der Waals surface area contributed by atoms with Crippen molar-refractivity contribution < 1.29 is 5.11 Å². The Labute approximate surface area is 60.7 Å². The van der Waals surface area contributed by atoms with Crippen molar-refractivity contribution in [3.05, 3.63) is 0 Å². The summed E-state index contributed by atoms with van der Waals surface area (Å²) in [5.74, 6) is 10.0. The fourth-order valence-electron chi connectivity index (χ4n) is 0.644. The molecule has 62 valence electrons. The average molecular weight is 148 g/mol. The molecule has 10 heavy (non-hydrogen) atoms. The lowest BCUT2D eigenvalue weighted by Crippen LogP contribution is -2.29. The SMILES string of the molecule is NNCCC(O)CCNN. The van der Waals surface area contributed by atoms with E-state index in [1.54, 1.807) is 0 Å². The first-order chi connectivity index (χ1) is 4.81. The van der Waals surface area contributed by atoms with Gasteiger partial charge in [-0.3, -0.25) is 22.5 Å². The molecule has 0 atom stereocenters. The number of nitrogens with one attached hydrogen (secondary N) is 2. The van der Waals surface area contributed by atoms with Gasteiger partial charge in [0.2, 0.25) is 0 Å². The van der Waals surface area contributed by atoms with Crippen LogP contribution in [0, 0.1) is 0 Å². The number of aliphatic hydroxyl groups is 1. The van der Waals surface area contributed by atoms with E-state index in [1.807, 2.05) is 0 Å². The molecule has 0 radical (unpaired) electrons. The zero-order valence-electron chi connectivity index (χ0n) is 6.01. The van der Waals surface area contributed by atoms with Crippen LogP contribution >= 0.6 is 0 Å². The van der Waals surface area contributed by atoms with Crippen molar-refractivity contribution in [3.63, 3.8) is 0 Å². The highest BCUT2D eigenvalue weighted by atomic mass is 16.3. The van der Waals surface area contributed by atoms with Gasteiger partial charge in [0.1, 0.15) is 0 Å². The zero-order chi connectivity index (χ0) is 7.82. The number of rotatable bonds is 6. The van der Waals surface area contributed by atoms with Crippen molar-refractivity contribution in [3.8, 4) is 0 Å². The van der Waals surface area contributed by atoms with Crippen molar-refractivity contribution in [2.24, 2.45) is 11.7 Å². The number of hydrogen-bond donors (Lipinski definition) is 5. The van der Waals surface area contributed by atoms with Gasteiger partial charge in [-0.25, -0.2) is 0 Å². The molecule has 0 unspecified atom stereocenters. The predicted octanol–water partition coefficient (Wildman–Crippen LogP) is -1.95. The van der Waals surface area contributed by atoms with Gasteiger partial charge in [-0.05, 0) is 12.8 Å². The van der Waals surface area contributed by atoms with Gasteiger partial charge in [-0.2, -0.15) is 0 Å². The first kappa shape index (κ1) is 9.80. The van der Waals surface area contributed by atoms with E-state index in [2.05, 4.69) is 10.9 Å². The summed E-state index contributed by atoms with van der Waals surface area (Å²) in [4.78, 5) is 0. The molecule has 0 aliphatic rings. The minimum atomic E-state index is -0.313. The van der Waals surface area contributed by atoms with E-state index in [1.165, 1.54) is 0 Å². The second-order valence-corrected chi connectivity index (χ2v) is 2.14. The molecule has 0 bridgehead atoms. The van der Waals surface area contributed by atoms with Crippen LogP contribution < -0.4 is 22.5 Å². The van der Waals surface area contributed by atoms with Crippen molar-refractivity contribution in [1.82, 2.24) is 10.9 Å². The van der Waals surface area contributed by atoms with E-state index in [4.69, 9.17) is 16.8 Å². The van der Waals surface area contributed by atoms with E-state index >= 15 is 0 Å². The molecule has 5 nitrogen and oxygen atoms in total. The lowest BCUT2D eigenvalue weighted by molar-refractivity contribution is 0.154. The summed E-state index contributed by atoms with van der Waals surface area (Å²) in [7, 11) is 0. The van der Waals surface area contributed by atoms with Crippen LogP contribution in [0.2, 0.25) is 0 Å². The second kappa shape index (κ2) is 6.91. The number of aliphatic hydroxyl groups excluding tert-OH is 1. The summed E-state index contributed by atoms with van der Waals surface area (Å²) in [6, 6.07) is 0. The highest BCUT2D eigenvalue weighted by molar-refractivity contribution is 4.56. The maximum atomic E-state index is 9.12. The summed E-state index contributed by atoms with van der Waals surface area (Å²) < 4.78 is 0. The van der Waals surface area contributed by atoms with Crippen LogP contribution in [-0.2, 0) is 0 Å². The molecule has 0 fully saturated rings. The molecule has 0 aromatic carbocycles. The van der Waals surface area contributed by atoms with Gasteiger partial charge in [0.25, 0.3) is 0 Å². The van der Waals surface area contributed by atoms with Gasteiger partial charge in [-0.1, -0.05) is 0 Å². The molecule has 0 saturated heterocycles. The van der Waals surface area contributed by atoms with E-state index in [0.717, 1.165) is 0 Å². The van der Waals surface area contributed by atoms with Gasteiger partial charge in [0, 0.05) is 13.1 Å². The molecule has 0 aliphatic carbocycles. The zero-order valence-corrected chi connectivity index (χ0v) is 6.01. The van der Waals surface area contributed by atoms with Crippen LogP contribution in [0.15, 0.2) is 0 Å². The van der Waals surface area contributed by atoms with E-state index in [-0.39, 0.29) is 6.10 Å². The molecule has 7 N–H and O–H groups in total. The molecule has 0 spiro atoms. The smallest absolute Gasteiger partial charge is 0.0565 e. The summed E-state index contributed by atoms with van der Waals surface area (Å²) in [5.41, 5.74) is 4.93. The van der Waals surface area contributed by atoms with Crippen molar-refractivity contribution in [2.45, 2.75) is 18.9 Å². The van der Waals surface area contributed by atoms with E-state index < -0.39 is 0 Å². The molecule has 0 heterocycles. The Morgan fingerprint density at radius 2 is 1.50 bits per heavy atom. The van der Waals surface area contributed by atoms with Gasteiger partial charge in [0.05, 0.1) is 6.10 Å². The Morgan fingerprint density at radius 1 is 1.10 bits per heavy atom. The minimum Gasteiger partial charge on any atom is -0.393 e. The Balaban J connectivity index is 3.00. The summed E-state index contributed by atoms with van der Waals surface area (Å²) in [6.45, 7) is 1.26. The molecule has 0 aromatic heterocycles. The Morgan fingerprint density at radius 3 is 1.80 bits per heavy atom. The molecule has 0 saturated carbocycles. The fraction of sp³-hybridized carbons (Fsp3) is 1.00. The first-order valence-corrected chi connectivity index (χ1v) is 3.36. The van der Waals surface area contributed by atoms with Crippen LogP contribution in [0.25, 0.3) is 0 Å². The second-order valence-electron chi connectivity index (χ2n) is 2.14. The monoisotopic (exact) mass is 148 g/mol. The molecule has 5 heteroatoms. The Bertz CT molecular complexity index is 62.7. The minimum absolute atomic E-state index is 0.313. The van der Waals surface area contributed by atoms with Crippen LogP contribution in [0.4, 0.5) is 0 Å². The van der Waals surface area contributed by atoms with Crippen LogP contribution in [0.3, 0.4) is 0 Å². The summed E-state index contributed by atoms with van der Waals surface area (Å²) in [6.07, 6.45) is 1.02. The average Bonchev–Trinajstić information content (AvgIpc) is 1.97. The maximum absolute atomic E-state index is 9.12. The van der Waals surface area contributed by atoms with Crippen LogP contribution in [-0.4, -0.2) is 24.3 Å². The van der Waals surface area contributed by atoms with E-state index in [0.29, 0.717) is 25.9 Å². The normalized spacial score (nSPS) is 10.8. The molecule has 0 rings (SSSR count). The fourth-order valence-corrected chi connectivity index (χ4v) is 0.644. The van der Waals surface area contributed by atoms with Crippen LogP contribution in [0.5, 0.6) is 0 Å². The molecule has 0 aliphatic heterocycles. The van der Waals surface area contributed by atoms with Crippen molar-refractivity contribution in [2.75, 3.05) is 13.1 Å². The molecule has 0 aromatic rings. The van der Waals surface area contributed by atoms with Gasteiger partial charge in [0.15, 0.2) is 0 Å². The largest absolute Gasteiger partial charge is 0.393 e. The highest BCUT2D eigenvalue weighted by Gasteiger charge is 2.00. The lowest BCUT2D eigenvalue weighted by Gasteiger charge is -2.08. The molecule has 0 amide bonds. The van der Waals surface area contributed by atoms with Gasteiger partial charge in [-0.15, -0.1) is 0 Å². The lowest BCUT2D eigenvalue weighted by atomic mass is 10.2. The van der Waals surface area contributed by atoms with Gasteiger partial charge >= 0.3 is 0 Å². The third-order valence-electron chi connectivity index (χ3n) is 1.24. The van der Waals surface area contributed by atoms with Crippen LogP contribution in [0.1, 0.15) is 12.8 Å². The summed E-state index contributed by atoms with van der Waals surface area (Å²) >= 11 is 0.